The second-order valence-corrected chi connectivity index (χ2v) is 7.53. The number of hydrogen-bond donors (Lipinski definition) is 1. The number of aromatic nitrogens is 3. The quantitative estimate of drug-likeness (QED) is 0.699. The predicted molar refractivity (Wildman–Crippen MR) is 109 cm³/mol. The molecule has 150 valence electrons. The maximum Gasteiger partial charge on any atom is 0.220 e. The summed E-state index contributed by atoms with van der Waals surface area (Å²) in [6.07, 6.45) is 3.95. The Hall–Kier alpha value is -3.02. The van der Waals surface area contributed by atoms with Crippen LogP contribution < -0.4 is 5.32 Å². The van der Waals surface area contributed by atoms with Crippen LogP contribution in [0.25, 0.3) is 0 Å². The van der Waals surface area contributed by atoms with Crippen molar-refractivity contribution in [2.75, 3.05) is 0 Å². The van der Waals surface area contributed by atoms with Crippen molar-refractivity contribution in [1.82, 2.24) is 20.1 Å². The van der Waals surface area contributed by atoms with Gasteiger partial charge in [0.15, 0.2) is 0 Å². The molecule has 1 aliphatic heterocycles. The van der Waals surface area contributed by atoms with Crippen molar-refractivity contribution in [3.63, 3.8) is 0 Å². The lowest BCUT2D eigenvalue weighted by atomic mass is 10.1. The van der Waals surface area contributed by atoms with Gasteiger partial charge in [-0.25, -0.2) is 4.39 Å². The first kappa shape index (κ1) is 19.3. The molecule has 29 heavy (non-hydrogen) atoms. The van der Waals surface area contributed by atoms with Gasteiger partial charge in [0.2, 0.25) is 5.91 Å². The fourth-order valence-corrected chi connectivity index (χ4v) is 3.85. The zero-order valence-corrected chi connectivity index (χ0v) is 16.4. The Bertz CT molecular complexity index is 970. The molecular formula is C23H25FN4O. The maximum absolute atomic E-state index is 13.7. The summed E-state index contributed by atoms with van der Waals surface area (Å²) in [6.45, 7) is 0.794. The fraction of sp³-hybridized carbons (Fsp3) is 0.348. The monoisotopic (exact) mass is 392 g/mol. The lowest BCUT2D eigenvalue weighted by Gasteiger charge is -2.16. The minimum atomic E-state index is -0.251. The summed E-state index contributed by atoms with van der Waals surface area (Å²) < 4.78 is 15.9. The van der Waals surface area contributed by atoms with Crippen molar-refractivity contribution in [3.05, 3.63) is 83.2 Å². The highest BCUT2D eigenvalue weighted by Gasteiger charge is 2.21. The largest absolute Gasteiger partial charge is 0.353 e. The number of fused-ring (bicyclic) bond motifs is 1. The van der Waals surface area contributed by atoms with Crippen LogP contribution in [0.2, 0.25) is 0 Å². The summed E-state index contributed by atoms with van der Waals surface area (Å²) in [6, 6.07) is 17.0. The molecule has 3 aromatic rings. The third kappa shape index (κ3) is 4.88. The number of aryl methyl sites for hydroxylation is 2. The lowest BCUT2D eigenvalue weighted by molar-refractivity contribution is -0.121. The molecule has 0 bridgehead atoms. The summed E-state index contributed by atoms with van der Waals surface area (Å²) in [4.78, 5) is 12.4. The number of carbonyl (C=O) groups excluding carboxylic acids is 1. The number of rotatable bonds is 6. The summed E-state index contributed by atoms with van der Waals surface area (Å²) >= 11 is 0. The van der Waals surface area contributed by atoms with Crippen LogP contribution >= 0.6 is 0 Å². The van der Waals surface area contributed by atoms with E-state index in [9.17, 15) is 9.18 Å². The van der Waals surface area contributed by atoms with Crippen LogP contribution in [-0.2, 0) is 30.6 Å². The molecule has 0 radical (unpaired) electrons. The number of nitrogens with zero attached hydrogens (tertiary/aromatic N) is 3. The van der Waals surface area contributed by atoms with Gasteiger partial charge in [-0.1, -0.05) is 48.5 Å². The number of carbonyl (C=O) groups is 1. The Labute approximate surface area is 170 Å². The second-order valence-electron chi connectivity index (χ2n) is 7.53. The van der Waals surface area contributed by atoms with Crippen molar-refractivity contribution in [2.45, 2.75) is 51.1 Å². The standard InChI is InChI=1S/C23H25FN4O/c24-20-9-5-4-8-18(20)10-13-23(29)25-19-11-12-21-26-27-22(28(21)15-14-19)16-17-6-2-1-3-7-17/h1-9,19H,10-16H2,(H,25,29). The van der Waals surface area contributed by atoms with Gasteiger partial charge in [-0.15, -0.1) is 10.2 Å². The van der Waals surface area contributed by atoms with Crippen molar-refractivity contribution in [2.24, 2.45) is 0 Å². The van der Waals surface area contributed by atoms with Crippen molar-refractivity contribution >= 4 is 5.91 Å². The number of nitrogens with one attached hydrogen (secondary N) is 1. The van der Waals surface area contributed by atoms with E-state index < -0.39 is 0 Å². The topological polar surface area (TPSA) is 59.8 Å². The van der Waals surface area contributed by atoms with Gasteiger partial charge in [0.25, 0.3) is 0 Å². The summed E-state index contributed by atoms with van der Waals surface area (Å²) in [5.41, 5.74) is 1.80. The van der Waals surface area contributed by atoms with E-state index in [4.69, 9.17) is 0 Å². The highest BCUT2D eigenvalue weighted by molar-refractivity contribution is 5.76. The molecule has 0 aliphatic carbocycles. The molecule has 0 spiro atoms. The molecule has 2 heterocycles. The van der Waals surface area contributed by atoms with E-state index in [-0.39, 0.29) is 17.8 Å². The Morgan fingerprint density at radius 1 is 1.07 bits per heavy atom. The lowest BCUT2D eigenvalue weighted by Crippen LogP contribution is -2.35. The van der Waals surface area contributed by atoms with Crippen molar-refractivity contribution in [3.8, 4) is 0 Å². The van der Waals surface area contributed by atoms with Gasteiger partial charge in [0.05, 0.1) is 0 Å². The average Bonchev–Trinajstić information content (AvgIpc) is 2.99. The molecule has 0 fully saturated rings. The molecule has 1 unspecified atom stereocenters. The smallest absolute Gasteiger partial charge is 0.220 e. The minimum Gasteiger partial charge on any atom is -0.353 e. The third-order valence-electron chi connectivity index (χ3n) is 5.47. The molecular weight excluding hydrogens is 367 g/mol. The molecule has 1 N–H and O–H groups in total. The zero-order chi connectivity index (χ0) is 20.1. The molecule has 2 aromatic carbocycles. The van der Waals surface area contributed by atoms with Gasteiger partial charge in [-0.05, 0) is 36.5 Å². The highest BCUT2D eigenvalue weighted by atomic mass is 19.1. The predicted octanol–water partition coefficient (Wildman–Crippen LogP) is 3.46. The molecule has 1 amide bonds. The third-order valence-corrected chi connectivity index (χ3v) is 5.47. The SMILES string of the molecule is O=C(CCc1ccccc1F)NC1CCc2nnc(Cc3ccccc3)n2CC1. The van der Waals surface area contributed by atoms with Gasteiger partial charge < -0.3 is 9.88 Å². The first-order valence-corrected chi connectivity index (χ1v) is 10.2. The Kier molecular flexibility index (Phi) is 5.98. The minimum absolute atomic E-state index is 0.0274. The summed E-state index contributed by atoms with van der Waals surface area (Å²) in [5, 5.41) is 11.9. The van der Waals surface area contributed by atoms with Crippen LogP contribution in [0.5, 0.6) is 0 Å². The van der Waals surface area contributed by atoms with Gasteiger partial charge in [0, 0.05) is 31.8 Å². The molecule has 1 atom stereocenters. The zero-order valence-electron chi connectivity index (χ0n) is 16.4. The maximum atomic E-state index is 13.7. The number of halogens is 1. The Morgan fingerprint density at radius 2 is 1.86 bits per heavy atom. The first-order valence-electron chi connectivity index (χ1n) is 10.2. The normalized spacial score (nSPS) is 16.1. The second kappa shape index (κ2) is 8.99. The van der Waals surface area contributed by atoms with E-state index in [1.165, 1.54) is 11.6 Å². The van der Waals surface area contributed by atoms with Crippen LogP contribution in [0.3, 0.4) is 0 Å². The van der Waals surface area contributed by atoms with Crippen molar-refractivity contribution in [1.29, 1.82) is 0 Å². The van der Waals surface area contributed by atoms with E-state index in [1.54, 1.807) is 18.2 Å². The van der Waals surface area contributed by atoms with E-state index in [2.05, 4.69) is 32.2 Å². The Morgan fingerprint density at radius 3 is 2.69 bits per heavy atom. The van der Waals surface area contributed by atoms with Crippen LogP contribution in [0, 0.1) is 5.82 Å². The molecule has 1 aliphatic rings. The highest BCUT2D eigenvalue weighted by Crippen LogP contribution is 2.18. The van der Waals surface area contributed by atoms with E-state index in [1.807, 2.05) is 18.2 Å². The Balaban J connectivity index is 1.31. The van der Waals surface area contributed by atoms with Crippen LogP contribution in [0.1, 0.15) is 42.0 Å². The number of hydrogen-bond acceptors (Lipinski definition) is 3. The molecule has 4 rings (SSSR count). The molecule has 0 saturated heterocycles. The fourth-order valence-electron chi connectivity index (χ4n) is 3.85. The van der Waals surface area contributed by atoms with Crippen LogP contribution in [-0.4, -0.2) is 26.7 Å². The van der Waals surface area contributed by atoms with Gasteiger partial charge in [0.1, 0.15) is 17.5 Å². The van der Waals surface area contributed by atoms with Gasteiger partial charge in [-0.3, -0.25) is 4.79 Å². The van der Waals surface area contributed by atoms with Gasteiger partial charge >= 0.3 is 0 Å². The average molecular weight is 392 g/mol. The number of amides is 1. The molecule has 5 nitrogen and oxygen atoms in total. The van der Waals surface area contributed by atoms with E-state index in [0.717, 1.165) is 43.9 Å². The van der Waals surface area contributed by atoms with E-state index in [0.29, 0.717) is 18.4 Å². The van der Waals surface area contributed by atoms with Gasteiger partial charge in [-0.2, -0.15) is 0 Å². The summed E-state index contributed by atoms with van der Waals surface area (Å²) in [7, 11) is 0. The van der Waals surface area contributed by atoms with Crippen LogP contribution in [0.15, 0.2) is 54.6 Å². The molecule has 0 saturated carbocycles. The first-order chi connectivity index (χ1) is 14.2. The molecule has 1 aromatic heterocycles. The molecule has 6 heteroatoms. The van der Waals surface area contributed by atoms with Crippen molar-refractivity contribution < 1.29 is 9.18 Å². The van der Waals surface area contributed by atoms with E-state index >= 15 is 0 Å². The van der Waals surface area contributed by atoms with Crippen LogP contribution in [0.4, 0.5) is 4.39 Å². The summed E-state index contributed by atoms with van der Waals surface area (Å²) in [5.74, 6) is 1.68. The number of benzene rings is 2.